The Morgan fingerprint density at radius 2 is 1.88 bits per heavy atom. The zero-order valence-corrected chi connectivity index (χ0v) is 8.97. The number of rotatable bonds is 2. The molecule has 0 spiro atoms. The number of nitrogens with one attached hydrogen (secondary N) is 1. The van der Waals surface area contributed by atoms with Crippen LogP contribution in [0.15, 0.2) is 48.7 Å². The van der Waals surface area contributed by atoms with Crippen LogP contribution < -0.4 is 5.32 Å². The van der Waals surface area contributed by atoms with E-state index < -0.39 is 0 Å². The maximum Gasteiger partial charge on any atom is 0.269 e. The lowest BCUT2D eigenvalue weighted by molar-refractivity contribution is 0.0958. The van der Waals surface area contributed by atoms with Crippen LogP contribution in [0.3, 0.4) is 0 Å². The van der Waals surface area contributed by atoms with Gasteiger partial charge in [-0.05, 0) is 23.3 Å². The smallest absolute Gasteiger partial charge is 0.269 e. The molecule has 0 aliphatic heterocycles. The first kappa shape index (κ1) is 10.4. The molecule has 0 radical (unpaired) electrons. The fourth-order valence-corrected chi connectivity index (χ4v) is 1.49. The van der Waals surface area contributed by atoms with Gasteiger partial charge in [0.2, 0.25) is 0 Å². The fourth-order valence-electron chi connectivity index (χ4n) is 1.49. The lowest BCUT2D eigenvalue weighted by Gasteiger charge is -2.03. The quantitative estimate of drug-likeness (QED) is 0.828. The van der Waals surface area contributed by atoms with Gasteiger partial charge in [0.25, 0.3) is 5.91 Å². The van der Waals surface area contributed by atoms with Crippen LogP contribution in [0.5, 0.6) is 0 Å². The van der Waals surface area contributed by atoms with Crippen LogP contribution in [0.4, 0.5) is 0 Å². The van der Waals surface area contributed by atoms with Crippen molar-refractivity contribution in [2.75, 3.05) is 7.05 Å². The Kier molecular flexibility index (Phi) is 2.96. The molecule has 80 valence electrons. The summed E-state index contributed by atoms with van der Waals surface area (Å²) in [6, 6.07) is 13.6. The molecule has 1 aromatic carbocycles. The average molecular weight is 212 g/mol. The van der Waals surface area contributed by atoms with Gasteiger partial charge in [-0.2, -0.15) is 0 Å². The van der Waals surface area contributed by atoms with Crippen LogP contribution in [0.2, 0.25) is 0 Å². The Hall–Kier alpha value is -2.16. The van der Waals surface area contributed by atoms with Crippen LogP contribution >= 0.6 is 0 Å². The molecule has 1 amide bonds. The molecular formula is C13H12N2O. The van der Waals surface area contributed by atoms with E-state index >= 15 is 0 Å². The third-order valence-corrected chi connectivity index (χ3v) is 2.33. The second-order valence-electron chi connectivity index (χ2n) is 3.37. The van der Waals surface area contributed by atoms with E-state index in [1.807, 2.05) is 36.4 Å². The molecule has 0 atom stereocenters. The van der Waals surface area contributed by atoms with Crippen LogP contribution in [0.1, 0.15) is 10.5 Å². The average Bonchev–Trinajstić information content (AvgIpc) is 2.39. The topological polar surface area (TPSA) is 42.0 Å². The third kappa shape index (κ3) is 2.08. The van der Waals surface area contributed by atoms with E-state index in [9.17, 15) is 4.79 Å². The summed E-state index contributed by atoms with van der Waals surface area (Å²) in [5.74, 6) is -0.169. The molecule has 0 saturated heterocycles. The molecule has 0 fully saturated rings. The van der Waals surface area contributed by atoms with Crippen LogP contribution in [0, 0.1) is 0 Å². The number of nitrogens with zero attached hydrogens (tertiary/aromatic N) is 1. The van der Waals surface area contributed by atoms with Gasteiger partial charge < -0.3 is 5.32 Å². The van der Waals surface area contributed by atoms with E-state index in [2.05, 4.69) is 10.3 Å². The molecule has 3 nitrogen and oxygen atoms in total. The minimum atomic E-state index is -0.169. The van der Waals surface area contributed by atoms with E-state index in [4.69, 9.17) is 0 Å². The van der Waals surface area contributed by atoms with Crippen molar-refractivity contribution in [2.24, 2.45) is 0 Å². The van der Waals surface area contributed by atoms with Gasteiger partial charge in [-0.1, -0.05) is 30.3 Å². The number of carbonyl (C=O) groups excluding carboxylic acids is 1. The highest BCUT2D eigenvalue weighted by Gasteiger charge is 2.05. The SMILES string of the molecule is CNC(=O)c1cc(-c2ccccc2)ccn1. The number of carbonyl (C=O) groups is 1. The summed E-state index contributed by atoms with van der Waals surface area (Å²) < 4.78 is 0. The van der Waals surface area contributed by atoms with Crippen molar-refractivity contribution >= 4 is 5.91 Å². The first-order valence-electron chi connectivity index (χ1n) is 5.05. The van der Waals surface area contributed by atoms with E-state index in [0.29, 0.717) is 5.69 Å². The molecule has 3 heteroatoms. The molecule has 2 aromatic rings. The molecule has 1 aromatic heterocycles. The van der Waals surface area contributed by atoms with Crippen molar-refractivity contribution in [3.63, 3.8) is 0 Å². The van der Waals surface area contributed by atoms with Gasteiger partial charge in [0.15, 0.2) is 0 Å². The van der Waals surface area contributed by atoms with Crippen molar-refractivity contribution in [3.05, 3.63) is 54.4 Å². The number of amides is 1. The van der Waals surface area contributed by atoms with E-state index in [1.54, 1.807) is 19.3 Å². The fraction of sp³-hybridized carbons (Fsp3) is 0.0769. The second-order valence-corrected chi connectivity index (χ2v) is 3.37. The van der Waals surface area contributed by atoms with Crippen molar-refractivity contribution in [3.8, 4) is 11.1 Å². The molecule has 1 N–H and O–H groups in total. The van der Waals surface area contributed by atoms with E-state index in [1.165, 1.54) is 0 Å². The van der Waals surface area contributed by atoms with Crippen LogP contribution in [0.25, 0.3) is 11.1 Å². The molecule has 0 unspecified atom stereocenters. The Bertz CT molecular complexity index is 494. The second kappa shape index (κ2) is 4.57. The maximum atomic E-state index is 11.4. The minimum Gasteiger partial charge on any atom is -0.354 e. The predicted octanol–water partition coefficient (Wildman–Crippen LogP) is 2.11. The van der Waals surface area contributed by atoms with Crippen molar-refractivity contribution in [1.82, 2.24) is 10.3 Å². The third-order valence-electron chi connectivity index (χ3n) is 2.33. The first-order valence-corrected chi connectivity index (χ1v) is 5.05. The zero-order chi connectivity index (χ0) is 11.4. The molecule has 1 heterocycles. The number of hydrogen-bond acceptors (Lipinski definition) is 2. The highest BCUT2D eigenvalue weighted by atomic mass is 16.1. The summed E-state index contributed by atoms with van der Waals surface area (Å²) in [6.07, 6.45) is 1.65. The zero-order valence-electron chi connectivity index (χ0n) is 8.97. The molecule has 2 rings (SSSR count). The molecule has 16 heavy (non-hydrogen) atoms. The Balaban J connectivity index is 2.40. The van der Waals surface area contributed by atoms with E-state index in [0.717, 1.165) is 11.1 Å². The first-order chi connectivity index (χ1) is 7.81. The van der Waals surface area contributed by atoms with Crippen molar-refractivity contribution in [1.29, 1.82) is 0 Å². The highest BCUT2D eigenvalue weighted by molar-refractivity contribution is 5.93. The maximum absolute atomic E-state index is 11.4. The summed E-state index contributed by atoms with van der Waals surface area (Å²) in [5, 5.41) is 2.56. The lowest BCUT2D eigenvalue weighted by atomic mass is 10.1. The van der Waals surface area contributed by atoms with Gasteiger partial charge in [0, 0.05) is 13.2 Å². The molecule has 0 bridgehead atoms. The van der Waals surface area contributed by atoms with Crippen LogP contribution in [-0.4, -0.2) is 17.9 Å². The van der Waals surface area contributed by atoms with Gasteiger partial charge in [0.1, 0.15) is 5.69 Å². The standard InChI is InChI=1S/C13H12N2O/c1-14-13(16)12-9-11(7-8-15-12)10-5-3-2-4-6-10/h2-9H,1H3,(H,14,16). The number of benzene rings is 1. The Morgan fingerprint density at radius 3 is 2.56 bits per heavy atom. The van der Waals surface area contributed by atoms with E-state index in [-0.39, 0.29) is 5.91 Å². The number of pyridine rings is 1. The minimum absolute atomic E-state index is 0.169. The van der Waals surface area contributed by atoms with Gasteiger partial charge in [-0.3, -0.25) is 9.78 Å². The summed E-state index contributed by atoms with van der Waals surface area (Å²) in [6.45, 7) is 0. The lowest BCUT2D eigenvalue weighted by Crippen LogP contribution is -2.19. The molecular weight excluding hydrogens is 200 g/mol. The summed E-state index contributed by atoms with van der Waals surface area (Å²) in [7, 11) is 1.60. The molecule has 0 aliphatic carbocycles. The largest absolute Gasteiger partial charge is 0.354 e. The van der Waals surface area contributed by atoms with Gasteiger partial charge in [0.05, 0.1) is 0 Å². The van der Waals surface area contributed by atoms with Gasteiger partial charge >= 0.3 is 0 Å². The van der Waals surface area contributed by atoms with Crippen molar-refractivity contribution in [2.45, 2.75) is 0 Å². The molecule has 0 saturated carbocycles. The summed E-state index contributed by atoms with van der Waals surface area (Å²) in [4.78, 5) is 15.4. The predicted molar refractivity (Wildman–Crippen MR) is 63.1 cm³/mol. The number of aromatic nitrogens is 1. The Labute approximate surface area is 94.1 Å². The summed E-state index contributed by atoms with van der Waals surface area (Å²) >= 11 is 0. The Morgan fingerprint density at radius 1 is 1.12 bits per heavy atom. The van der Waals surface area contributed by atoms with Crippen molar-refractivity contribution < 1.29 is 4.79 Å². The monoisotopic (exact) mass is 212 g/mol. The highest BCUT2D eigenvalue weighted by Crippen LogP contribution is 2.18. The number of hydrogen-bond donors (Lipinski definition) is 1. The van der Waals surface area contributed by atoms with Gasteiger partial charge in [-0.25, -0.2) is 0 Å². The summed E-state index contributed by atoms with van der Waals surface area (Å²) in [5.41, 5.74) is 2.51. The molecule has 0 aliphatic rings. The van der Waals surface area contributed by atoms with Crippen LogP contribution in [-0.2, 0) is 0 Å². The normalized spacial score (nSPS) is 9.81. The van der Waals surface area contributed by atoms with Gasteiger partial charge in [-0.15, -0.1) is 0 Å².